The van der Waals surface area contributed by atoms with Crippen molar-refractivity contribution in [2.45, 2.75) is 19.3 Å². The molecule has 0 N–H and O–H groups in total. The lowest BCUT2D eigenvalue weighted by Crippen LogP contribution is -2.14. The third-order valence-corrected chi connectivity index (χ3v) is 21.7. The van der Waals surface area contributed by atoms with Gasteiger partial charge < -0.3 is 0 Å². The van der Waals surface area contributed by atoms with Crippen LogP contribution in [0.2, 0.25) is 0 Å². The second-order valence-electron chi connectivity index (χ2n) is 27.7. The zero-order valence-corrected chi connectivity index (χ0v) is 56.3. The summed E-state index contributed by atoms with van der Waals surface area (Å²) in [5, 5.41) is 28.9. The number of hydrogen-bond acceptors (Lipinski definition) is 0. The molecule has 0 saturated carbocycles. The van der Waals surface area contributed by atoms with Crippen LogP contribution in [0.1, 0.15) is 25.0 Å². The molecule has 0 heteroatoms. The van der Waals surface area contributed by atoms with Crippen molar-refractivity contribution in [1.82, 2.24) is 0 Å². The molecule has 0 aliphatic heterocycles. The summed E-state index contributed by atoms with van der Waals surface area (Å²) in [4.78, 5) is 0. The van der Waals surface area contributed by atoms with E-state index in [1.165, 1.54) is 196 Å². The van der Waals surface area contributed by atoms with Crippen molar-refractivity contribution in [3.05, 3.63) is 387 Å². The van der Waals surface area contributed by atoms with Gasteiger partial charge in [0.25, 0.3) is 0 Å². The fraction of sp³-hybridized carbons (Fsp3) is 0.0297. The Hall–Kier alpha value is -12.7. The van der Waals surface area contributed by atoms with Crippen molar-refractivity contribution >= 4 is 118 Å². The maximum Gasteiger partial charge on any atom is 0.0159 e. The number of rotatable bonds is 5. The summed E-state index contributed by atoms with van der Waals surface area (Å²) in [6, 6.07) is 138. The Morgan fingerprint density at radius 2 is 0.465 bits per heavy atom. The molecule has 20 aromatic carbocycles. The first kappa shape index (κ1) is 59.5. The van der Waals surface area contributed by atoms with E-state index in [1.54, 1.807) is 0 Å². The van der Waals surface area contributed by atoms with Gasteiger partial charge in [0.2, 0.25) is 0 Å². The van der Waals surface area contributed by atoms with E-state index in [4.69, 9.17) is 0 Å². The van der Waals surface area contributed by atoms with Crippen molar-refractivity contribution in [3.63, 3.8) is 0 Å². The fourth-order valence-corrected chi connectivity index (χ4v) is 16.8. The summed E-state index contributed by atoms with van der Waals surface area (Å²) in [5.74, 6) is 0. The van der Waals surface area contributed by atoms with E-state index in [9.17, 15) is 0 Å². The molecule has 472 valence electrons. The van der Waals surface area contributed by atoms with Crippen LogP contribution in [-0.4, -0.2) is 0 Å². The average molecular weight is 1280 g/mol. The first-order valence-corrected chi connectivity index (χ1v) is 35.3. The SMILES string of the molecule is CC1(C)c2ccc(-c3ccc(-c4cccc5c6ccccc6c6ccccc6c45)cc3)cc2-c2c1ccc1ccccc21.c1ccc(-c2ccc3c4ccccc4c4ccccc4c3c2)cc1.c1ccc(-c2ccc3ccc(-c4ccc5c6ccccc6c6ccccc6c5c4)cc3c2)cc1. The highest BCUT2D eigenvalue weighted by atomic mass is 14.4. The van der Waals surface area contributed by atoms with Gasteiger partial charge in [0.1, 0.15) is 0 Å². The molecule has 0 fully saturated rings. The lowest BCUT2D eigenvalue weighted by molar-refractivity contribution is 0.661. The Balaban J connectivity index is 0.000000109. The minimum atomic E-state index is -0.0155. The molecule has 0 radical (unpaired) electrons. The average Bonchev–Trinajstić information content (AvgIpc) is 1.70. The molecule has 101 heavy (non-hydrogen) atoms. The van der Waals surface area contributed by atoms with Crippen molar-refractivity contribution in [2.75, 3.05) is 0 Å². The van der Waals surface area contributed by atoms with E-state index in [0.717, 1.165) is 0 Å². The summed E-state index contributed by atoms with van der Waals surface area (Å²) < 4.78 is 0. The monoisotopic (exact) mass is 1280 g/mol. The highest BCUT2D eigenvalue weighted by molar-refractivity contribution is 6.29. The highest BCUT2D eigenvalue weighted by Gasteiger charge is 2.36. The topological polar surface area (TPSA) is 0 Å². The third-order valence-electron chi connectivity index (χ3n) is 21.7. The standard InChI is InChI=1S/C43H30.C34H22.C24H16/c1-43(2)39-24-23-30(26-38(39)42-32-11-4-3-10-28(32)22-25-40(42)43)27-18-20-29(21-19-27)31-16-9-17-37-35-13-6-5-12-33(35)34-14-7-8-15-36(34)41(31)37;1-2-8-23(9-3-1)25-16-14-24-15-17-26(21-28(24)20-25)27-18-19-33-31-12-5-4-10-29(31)30-11-6-7-13-32(30)34(33)22-27;1-2-8-17(9-3-1)18-14-15-23-21-12-5-4-10-19(21)20-11-6-7-13-22(20)24(23)16-18/h3-26H,1-2H3;1-22H;1-16H. The van der Waals surface area contributed by atoms with Crippen LogP contribution in [0, 0.1) is 0 Å². The molecule has 0 bridgehead atoms. The van der Waals surface area contributed by atoms with Crippen LogP contribution in [-0.2, 0) is 5.41 Å². The van der Waals surface area contributed by atoms with Crippen LogP contribution in [0.5, 0.6) is 0 Å². The number of fused-ring (bicyclic) bond motifs is 24. The van der Waals surface area contributed by atoms with Gasteiger partial charge in [-0.1, -0.05) is 360 Å². The first-order chi connectivity index (χ1) is 49.9. The van der Waals surface area contributed by atoms with Gasteiger partial charge in [-0.25, -0.2) is 0 Å². The summed E-state index contributed by atoms with van der Waals surface area (Å²) in [6.45, 7) is 4.72. The Bertz CT molecular complexity index is 6580. The normalized spacial score (nSPS) is 12.3. The zero-order chi connectivity index (χ0) is 67.1. The van der Waals surface area contributed by atoms with E-state index in [0.29, 0.717) is 0 Å². The largest absolute Gasteiger partial charge is 0.0622 e. The Morgan fingerprint density at radius 1 is 0.158 bits per heavy atom. The van der Waals surface area contributed by atoms with Gasteiger partial charge in [0.05, 0.1) is 0 Å². The third kappa shape index (κ3) is 10.1. The van der Waals surface area contributed by atoms with Gasteiger partial charge >= 0.3 is 0 Å². The van der Waals surface area contributed by atoms with Crippen molar-refractivity contribution in [3.8, 4) is 66.8 Å². The number of benzene rings is 20. The van der Waals surface area contributed by atoms with Crippen LogP contribution >= 0.6 is 0 Å². The summed E-state index contributed by atoms with van der Waals surface area (Å²) in [7, 11) is 0. The first-order valence-electron chi connectivity index (χ1n) is 35.3. The minimum absolute atomic E-state index is 0.0155. The van der Waals surface area contributed by atoms with Gasteiger partial charge in [0, 0.05) is 5.41 Å². The van der Waals surface area contributed by atoms with Crippen molar-refractivity contribution < 1.29 is 0 Å². The van der Waals surface area contributed by atoms with Crippen LogP contribution in [0.3, 0.4) is 0 Å². The second-order valence-corrected chi connectivity index (χ2v) is 27.7. The maximum absolute atomic E-state index is 2.42. The summed E-state index contributed by atoms with van der Waals surface area (Å²) in [5.41, 5.74) is 18.1. The predicted octanol–water partition coefficient (Wildman–Crippen LogP) is 28.4. The molecule has 0 nitrogen and oxygen atoms in total. The Kier molecular flexibility index (Phi) is 14.4. The molecular formula is C101H68. The zero-order valence-electron chi connectivity index (χ0n) is 56.3. The fourth-order valence-electron chi connectivity index (χ4n) is 16.8. The second kappa shape index (κ2) is 24.4. The molecule has 0 amide bonds. The van der Waals surface area contributed by atoms with Gasteiger partial charge in [-0.2, -0.15) is 0 Å². The Morgan fingerprint density at radius 3 is 0.960 bits per heavy atom. The summed E-state index contributed by atoms with van der Waals surface area (Å²) >= 11 is 0. The van der Waals surface area contributed by atoms with Crippen molar-refractivity contribution in [2.24, 2.45) is 0 Å². The molecule has 1 aliphatic carbocycles. The molecule has 1 aliphatic rings. The van der Waals surface area contributed by atoms with Crippen molar-refractivity contribution in [1.29, 1.82) is 0 Å². The van der Waals surface area contributed by atoms with Gasteiger partial charge in [-0.15, -0.1) is 0 Å². The van der Waals surface area contributed by atoms with Crippen LogP contribution in [0.25, 0.3) is 185 Å². The molecule has 0 unspecified atom stereocenters. The Labute approximate surface area is 587 Å². The lowest BCUT2D eigenvalue weighted by Gasteiger charge is -2.21. The predicted molar refractivity (Wildman–Crippen MR) is 437 cm³/mol. The van der Waals surface area contributed by atoms with Gasteiger partial charge in [-0.3, -0.25) is 0 Å². The summed E-state index contributed by atoms with van der Waals surface area (Å²) in [6.07, 6.45) is 0. The van der Waals surface area contributed by atoms with E-state index in [1.807, 2.05) is 0 Å². The van der Waals surface area contributed by atoms with Crippen LogP contribution in [0.4, 0.5) is 0 Å². The van der Waals surface area contributed by atoms with Gasteiger partial charge in [-0.05, 0) is 227 Å². The number of hydrogen-bond donors (Lipinski definition) is 0. The molecule has 0 spiro atoms. The van der Waals surface area contributed by atoms with E-state index in [2.05, 4.69) is 390 Å². The van der Waals surface area contributed by atoms with E-state index < -0.39 is 0 Å². The minimum Gasteiger partial charge on any atom is -0.0622 e. The smallest absolute Gasteiger partial charge is 0.0159 e. The molecule has 0 saturated heterocycles. The molecular weight excluding hydrogens is 1210 g/mol. The van der Waals surface area contributed by atoms with Crippen LogP contribution < -0.4 is 0 Å². The molecule has 0 atom stereocenters. The van der Waals surface area contributed by atoms with Gasteiger partial charge in [0.15, 0.2) is 0 Å². The van der Waals surface area contributed by atoms with Crippen LogP contribution in [0.15, 0.2) is 376 Å². The lowest BCUT2D eigenvalue weighted by atomic mass is 9.82. The van der Waals surface area contributed by atoms with E-state index in [-0.39, 0.29) is 5.41 Å². The quantitative estimate of drug-likeness (QED) is 0.151. The molecule has 0 aromatic heterocycles. The molecule has 21 rings (SSSR count). The van der Waals surface area contributed by atoms with E-state index >= 15 is 0 Å². The molecule has 0 heterocycles. The molecule has 20 aromatic rings. The maximum atomic E-state index is 2.42. The highest BCUT2D eigenvalue weighted by Crippen LogP contribution is 2.53.